The summed E-state index contributed by atoms with van der Waals surface area (Å²) in [6, 6.07) is 22.6. The first-order chi connectivity index (χ1) is 22.6. The van der Waals surface area contributed by atoms with E-state index in [4.69, 9.17) is 16.3 Å². The van der Waals surface area contributed by atoms with E-state index in [2.05, 4.69) is 20.3 Å². The van der Waals surface area contributed by atoms with Crippen molar-refractivity contribution < 1.29 is 21.9 Å². The molecule has 0 spiro atoms. The van der Waals surface area contributed by atoms with Crippen molar-refractivity contribution in [2.45, 2.75) is 18.0 Å². The number of sulfone groups is 1. The van der Waals surface area contributed by atoms with Gasteiger partial charge in [-0.3, -0.25) is 4.90 Å². The third-order valence-corrected chi connectivity index (χ3v) is 10.1. The lowest BCUT2D eigenvalue weighted by atomic mass is 10.1. The summed E-state index contributed by atoms with van der Waals surface area (Å²) < 4.78 is 59.9. The zero-order valence-corrected chi connectivity index (χ0v) is 27.4. The lowest BCUT2D eigenvalue weighted by Gasteiger charge is -2.15. The summed E-state index contributed by atoms with van der Waals surface area (Å²) in [5.74, 6) is 0.0155. The molecule has 2 heterocycles. The van der Waals surface area contributed by atoms with Crippen LogP contribution in [0.1, 0.15) is 10.6 Å². The molecule has 13 heteroatoms. The van der Waals surface area contributed by atoms with Gasteiger partial charge in [0.05, 0.1) is 33.4 Å². The van der Waals surface area contributed by atoms with Gasteiger partial charge in [0.1, 0.15) is 41.1 Å². The maximum Gasteiger partial charge on any atom is 0.179 e. The molecule has 0 amide bonds. The van der Waals surface area contributed by atoms with Crippen LogP contribution >= 0.6 is 22.9 Å². The van der Waals surface area contributed by atoms with Gasteiger partial charge in [0.15, 0.2) is 9.84 Å². The minimum absolute atomic E-state index is 0.0311. The standard InChI is InChI=1S/C34H28ClF2N5O3S2/c1-42(12-13-47(43,44)25-8-3-2-4-9-25)18-33-41-31(20-46-33)26-16-27-30(17-29(26)37)38-21-39-34(27)40-24-10-11-32(28(35)15-24)45-19-22-6-5-7-23(36)14-22/h2-11,14-17,20-21H,12-13,18-19H2,1H3,(H,38,39,40). The van der Waals surface area contributed by atoms with Gasteiger partial charge in [0.25, 0.3) is 0 Å². The largest absolute Gasteiger partial charge is 0.487 e. The first-order valence-electron chi connectivity index (χ1n) is 14.4. The van der Waals surface area contributed by atoms with Gasteiger partial charge in [0, 0.05) is 34.6 Å². The van der Waals surface area contributed by atoms with Gasteiger partial charge in [-0.15, -0.1) is 11.3 Å². The summed E-state index contributed by atoms with van der Waals surface area (Å²) in [5.41, 5.74) is 2.43. The average molecular weight is 692 g/mol. The quantitative estimate of drug-likeness (QED) is 0.138. The van der Waals surface area contributed by atoms with E-state index < -0.39 is 15.7 Å². The number of ether oxygens (including phenoxy) is 1. The number of thiazole rings is 1. The maximum atomic E-state index is 15.3. The predicted octanol–water partition coefficient (Wildman–Crippen LogP) is 7.91. The van der Waals surface area contributed by atoms with Crippen molar-refractivity contribution in [3.8, 4) is 17.0 Å². The fourth-order valence-electron chi connectivity index (χ4n) is 4.83. The first-order valence-corrected chi connectivity index (χ1v) is 17.3. The number of hydrogen-bond donors (Lipinski definition) is 1. The molecule has 6 rings (SSSR count). The molecule has 240 valence electrons. The number of benzene rings is 4. The summed E-state index contributed by atoms with van der Waals surface area (Å²) in [7, 11) is -1.59. The summed E-state index contributed by atoms with van der Waals surface area (Å²) in [6.45, 7) is 0.871. The Morgan fingerprint density at radius 2 is 1.81 bits per heavy atom. The average Bonchev–Trinajstić information content (AvgIpc) is 3.52. The summed E-state index contributed by atoms with van der Waals surface area (Å²) in [6.07, 6.45) is 1.34. The highest BCUT2D eigenvalue weighted by molar-refractivity contribution is 7.91. The second-order valence-electron chi connectivity index (χ2n) is 10.8. The molecule has 2 aromatic heterocycles. The Balaban J connectivity index is 1.15. The Kier molecular flexibility index (Phi) is 9.73. The molecule has 0 aliphatic heterocycles. The molecule has 4 aromatic carbocycles. The van der Waals surface area contributed by atoms with Crippen LogP contribution in [-0.4, -0.2) is 47.6 Å². The predicted molar refractivity (Wildman–Crippen MR) is 181 cm³/mol. The fourth-order valence-corrected chi connectivity index (χ4v) is 7.30. The molecular weight excluding hydrogens is 664 g/mol. The molecule has 0 unspecified atom stereocenters. The van der Waals surface area contributed by atoms with E-state index in [0.717, 1.165) is 5.01 Å². The lowest BCUT2D eigenvalue weighted by Crippen LogP contribution is -2.25. The SMILES string of the molecule is CN(CCS(=O)(=O)c1ccccc1)Cc1nc(-c2cc3c(Nc4ccc(OCc5cccc(F)c5)c(Cl)c4)ncnc3cc2F)cs1. The number of fused-ring (bicyclic) bond motifs is 1. The second kappa shape index (κ2) is 14.1. The summed E-state index contributed by atoms with van der Waals surface area (Å²) >= 11 is 7.85. The first kappa shape index (κ1) is 32.5. The molecule has 8 nitrogen and oxygen atoms in total. The van der Waals surface area contributed by atoms with Gasteiger partial charge in [0.2, 0.25) is 0 Å². The third-order valence-electron chi connectivity index (χ3n) is 7.28. The van der Waals surface area contributed by atoms with E-state index in [9.17, 15) is 12.8 Å². The lowest BCUT2D eigenvalue weighted by molar-refractivity contribution is 0.306. The molecule has 0 radical (unpaired) electrons. The van der Waals surface area contributed by atoms with Crippen LogP contribution in [0.25, 0.3) is 22.2 Å². The molecule has 0 aliphatic carbocycles. The number of rotatable bonds is 12. The molecule has 0 saturated carbocycles. The summed E-state index contributed by atoms with van der Waals surface area (Å²) in [5, 5.41) is 6.63. The van der Waals surface area contributed by atoms with Crippen molar-refractivity contribution in [2.75, 3.05) is 24.7 Å². The Morgan fingerprint density at radius 1 is 0.979 bits per heavy atom. The number of halogens is 3. The Hall–Kier alpha value is -4.49. The van der Waals surface area contributed by atoms with Crippen LogP contribution in [0.3, 0.4) is 0 Å². The molecule has 0 atom stereocenters. The number of aromatic nitrogens is 3. The zero-order valence-electron chi connectivity index (χ0n) is 25.0. The van der Waals surface area contributed by atoms with E-state index in [1.165, 1.54) is 35.9 Å². The van der Waals surface area contributed by atoms with Gasteiger partial charge in [-0.05, 0) is 61.1 Å². The van der Waals surface area contributed by atoms with Crippen LogP contribution in [0.2, 0.25) is 5.02 Å². The molecule has 0 saturated heterocycles. The Labute approximate surface area is 279 Å². The Bertz CT molecular complexity index is 2150. The van der Waals surface area contributed by atoms with E-state index in [0.29, 0.717) is 62.4 Å². The van der Waals surface area contributed by atoms with Crippen molar-refractivity contribution in [3.63, 3.8) is 0 Å². The molecule has 47 heavy (non-hydrogen) atoms. The van der Waals surface area contributed by atoms with E-state index in [1.807, 2.05) is 11.9 Å². The number of nitrogens with zero attached hydrogens (tertiary/aromatic N) is 4. The van der Waals surface area contributed by atoms with E-state index >= 15 is 4.39 Å². The molecule has 6 aromatic rings. The second-order valence-corrected chi connectivity index (χ2v) is 14.2. The van der Waals surface area contributed by atoms with Crippen LogP contribution in [0.4, 0.5) is 20.3 Å². The fraction of sp³-hybridized carbons (Fsp3) is 0.147. The van der Waals surface area contributed by atoms with Crippen LogP contribution in [-0.2, 0) is 23.0 Å². The minimum Gasteiger partial charge on any atom is -0.487 e. The van der Waals surface area contributed by atoms with Gasteiger partial charge in [-0.25, -0.2) is 32.2 Å². The smallest absolute Gasteiger partial charge is 0.179 e. The van der Waals surface area contributed by atoms with Crippen molar-refractivity contribution in [2.24, 2.45) is 0 Å². The van der Waals surface area contributed by atoms with Crippen LogP contribution in [0.5, 0.6) is 5.75 Å². The van der Waals surface area contributed by atoms with Gasteiger partial charge < -0.3 is 10.1 Å². The third kappa shape index (κ3) is 7.91. The van der Waals surface area contributed by atoms with E-state index in [1.54, 1.807) is 72.1 Å². The van der Waals surface area contributed by atoms with Crippen molar-refractivity contribution in [1.29, 1.82) is 0 Å². The van der Waals surface area contributed by atoms with E-state index in [-0.39, 0.29) is 23.7 Å². The van der Waals surface area contributed by atoms with Gasteiger partial charge in [-0.1, -0.05) is 41.9 Å². The highest BCUT2D eigenvalue weighted by atomic mass is 35.5. The molecule has 1 N–H and O–H groups in total. The van der Waals surface area contributed by atoms with Crippen LogP contribution < -0.4 is 10.1 Å². The van der Waals surface area contributed by atoms with Crippen molar-refractivity contribution >= 4 is 55.2 Å². The number of nitrogens with one attached hydrogen (secondary N) is 1. The molecule has 0 fully saturated rings. The van der Waals surface area contributed by atoms with Crippen LogP contribution in [0.15, 0.2) is 102 Å². The Morgan fingerprint density at radius 3 is 2.60 bits per heavy atom. The monoisotopic (exact) mass is 691 g/mol. The number of anilines is 2. The zero-order chi connectivity index (χ0) is 33.0. The molecule has 0 bridgehead atoms. The summed E-state index contributed by atoms with van der Waals surface area (Å²) in [4.78, 5) is 15.4. The van der Waals surface area contributed by atoms with Crippen LogP contribution in [0, 0.1) is 11.6 Å². The highest BCUT2D eigenvalue weighted by Gasteiger charge is 2.18. The van der Waals surface area contributed by atoms with Gasteiger partial charge >= 0.3 is 0 Å². The van der Waals surface area contributed by atoms with Gasteiger partial charge in [-0.2, -0.15) is 0 Å². The topological polar surface area (TPSA) is 97.3 Å². The molecular formula is C34H28ClF2N5O3S2. The van der Waals surface area contributed by atoms with Crippen molar-refractivity contribution in [1.82, 2.24) is 19.9 Å². The molecule has 0 aliphatic rings. The van der Waals surface area contributed by atoms with Crippen molar-refractivity contribution in [3.05, 3.63) is 124 Å². The highest BCUT2D eigenvalue weighted by Crippen LogP contribution is 2.34. The normalized spacial score (nSPS) is 11.7. The maximum absolute atomic E-state index is 15.3. The number of hydrogen-bond acceptors (Lipinski definition) is 9. The minimum atomic E-state index is -3.41.